The second kappa shape index (κ2) is 5.80. The largest absolute Gasteiger partial charge is 0.267 e. The Balaban J connectivity index is 3.00. The van der Waals surface area contributed by atoms with Crippen LogP contribution in [0, 0.1) is 13.8 Å². The second-order valence-electron chi connectivity index (χ2n) is 4.31. The standard InChI is InChI=1S/C10H17ClN2O4S2/c1-4-6-18(14,15)7-5-13-9(3)10(8(2)12-13)19(11,16)17/h4-7H2,1-3H3. The van der Waals surface area contributed by atoms with E-state index >= 15 is 0 Å². The van der Waals surface area contributed by atoms with Gasteiger partial charge in [-0.05, 0) is 20.3 Å². The van der Waals surface area contributed by atoms with Crippen LogP contribution in [0.5, 0.6) is 0 Å². The minimum atomic E-state index is -3.87. The van der Waals surface area contributed by atoms with Gasteiger partial charge < -0.3 is 0 Å². The Morgan fingerprint density at radius 1 is 1.16 bits per heavy atom. The monoisotopic (exact) mass is 328 g/mol. The molecule has 110 valence electrons. The summed E-state index contributed by atoms with van der Waals surface area (Å²) in [5.74, 6) is 0.0531. The topological polar surface area (TPSA) is 86.1 Å². The first-order valence-electron chi connectivity index (χ1n) is 5.77. The number of rotatable bonds is 6. The molecule has 0 aliphatic rings. The molecule has 1 aromatic rings. The maximum absolute atomic E-state index is 11.6. The molecule has 1 aromatic heterocycles. The highest BCUT2D eigenvalue weighted by molar-refractivity contribution is 8.13. The van der Waals surface area contributed by atoms with Gasteiger partial charge >= 0.3 is 0 Å². The highest BCUT2D eigenvalue weighted by atomic mass is 35.7. The molecular formula is C10H17ClN2O4S2. The molecule has 9 heteroatoms. The Hall–Kier alpha value is -0.600. The molecule has 0 N–H and O–H groups in total. The van der Waals surface area contributed by atoms with Crippen LogP contribution in [0.4, 0.5) is 0 Å². The summed E-state index contributed by atoms with van der Waals surface area (Å²) >= 11 is 0. The Bertz CT molecular complexity index is 662. The van der Waals surface area contributed by atoms with Gasteiger partial charge in [0, 0.05) is 16.4 Å². The average Bonchev–Trinajstić information content (AvgIpc) is 2.50. The number of halogens is 1. The third-order valence-corrected chi connectivity index (χ3v) is 6.06. The first-order chi connectivity index (χ1) is 8.58. The minimum absolute atomic E-state index is 0.0398. The van der Waals surface area contributed by atoms with Crippen LogP contribution >= 0.6 is 10.7 Å². The van der Waals surface area contributed by atoms with E-state index in [0.717, 1.165) is 0 Å². The van der Waals surface area contributed by atoms with Gasteiger partial charge in [-0.2, -0.15) is 5.10 Å². The summed E-state index contributed by atoms with van der Waals surface area (Å²) < 4.78 is 47.4. The number of nitrogens with zero attached hydrogens (tertiary/aromatic N) is 2. The van der Waals surface area contributed by atoms with Crippen LogP contribution in [-0.4, -0.2) is 38.1 Å². The van der Waals surface area contributed by atoms with Crippen molar-refractivity contribution in [1.82, 2.24) is 9.78 Å². The van der Waals surface area contributed by atoms with Crippen molar-refractivity contribution in [2.45, 2.75) is 38.6 Å². The fourth-order valence-electron chi connectivity index (χ4n) is 1.89. The van der Waals surface area contributed by atoms with Gasteiger partial charge in [0.1, 0.15) is 4.90 Å². The molecule has 0 aliphatic carbocycles. The van der Waals surface area contributed by atoms with Gasteiger partial charge in [0.25, 0.3) is 9.05 Å². The van der Waals surface area contributed by atoms with Crippen molar-refractivity contribution in [3.63, 3.8) is 0 Å². The number of aromatic nitrogens is 2. The Labute approximate surface area is 118 Å². The van der Waals surface area contributed by atoms with Crippen LogP contribution < -0.4 is 0 Å². The Morgan fingerprint density at radius 3 is 2.16 bits per heavy atom. The summed E-state index contributed by atoms with van der Waals surface area (Å²) in [6.45, 7) is 5.00. The lowest BCUT2D eigenvalue weighted by atomic mass is 10.4. The van der Waals surface area contributed by atoms with Crippen LogP contribution in [0.25, 0.3) is 0 Å². The normalized spacial score (nSPS) is 12.8. The fraction of sp³-hybridized carbons (Fsp3) is 0.700. The third kappa shape index (κ3) is 4.19. The van der Waals surface area contributed by atoms with Gasteiger partial charge in [-0.1, -0.05) is 6.92 Å². The number of sulfone groups is 1. The zero-order valence-corrected chi connectivity index (χ0v) is 13.4. The average molecular weight is 329 g/mol. The van der Waals surface area contributed by atoms with Crippen LogP contribution in [0.15, 0.2) is 4.90 Å². The molecule has 6 nitrogen and oxygen atoms in total. The van der Waals surface area contributed by atoms with Crippen molar-refractivity contribution < 1.29 is 16.8 Å². The zero-order chi connectivity index (χ0) is 14.8. The molecule has 0 bridgehead atoms. The highest BCUT2D eigenvalue weighted by Gasteiger charge is 2.23. The van der Waals surface area contributed by atoms with Crippen molar-refractivity contribution >= 4 is 29.6 Å². The van der Waals surface area contributed by atoms with Gasteiger partial charge in [0.2, 0.25) is 0 Å². The molecule has 1 rings (SSSR count). The summed E-state index contributed by atoms with van der Waals surface area (Å²) in [5, 5.41) is 4.03. The van der Waals surface area contributed by atoms with Gasteiger partial charge in [-0.3, -0.25) is 4.68 Å². The van der Waals surface area contributed by atoms with Crippen LogP contribution in [0.1, 0.15) is 24.7 Å². The van der Waals surface area contributed by atoms with E-state index in [1.54, 1.807) is 13.8 Å². The van der Waals surface area contributed by atoms with Crippen molar-refractivity contribution in [1.29, 1.82) is 0 Å². The predicted octanol–water partition coefficient (Wildman–Crippen LogP) is 1.25. The number of hydrogen-bond donors (Lipinski definition) is 0. The van der Waals surface area contributed by atoms with Gasteiger partial charge in [-0.15, -0.1) is 0 Å². The van der Waals surface area contributed by atoms with Crippen molar-refractivity contribution in [3.05, 3.63) is 11.4 Å². The van der Waals surface area contributed by atoms with E-state index in [1.807, 2.05) is 0 Å². The molecule has 0 fully saturated rings. The molecule has 0 unspecified atom stereocenters. The van der Waals surface area contributed by atoms with E-state index in [4.69, 9.17) is 10.7 Å². The van der Waals surface area contributed by atoms with Crippen molar-refractivity contribution in [3.8, 4) is 0 Å². The fourth-order valence-corrected chi connectivity index (χ4v) is 4.69. The Kier molecular flexibility index (Phi) is 5.02. The molecule has 0 amide bonds. The molecule has 0 saturated heterocycles. The summed E-state index contributed by atoms with van der Waals surface area (Å²) in [6.07, 6.45) is 0.556. The van der Waals surface area contributed by atoms with E-state index in [0.29, 0.717) is 12.1 Å². The Morgan fingerprint density at radius 2 is 1.74 bits per heavy atom. The van der Waals surface area contributed by atoms with E-state index in [2.05, 4.69) is 5.10 Å². The van der Waals surface area contributed by atoms with E-state index in [-0.39, 0.29) is 28.6 Å². The molecule has 0 saturated carbocycles. The van der Waals surface area contributed by atoms with Crippen LogP contribution in [0.3, 0.4) is 0 Å². The molecule has 0 atom stereocenters. The zero-order valence-electron chi connectivity index (χ0n) is 11.1. The predicted molar refractivity (Wildman–Crippen MR) is 73.7 cm³/mol. The van der Waals surface area contributed by atoms with Crippen LogP contribution in [-0.2, 0) is 25.4 Å². The van der Waals surface area contributed by atoms with E-state index in [1.165, 1.54) is 11.6 Å². The SMILES string of the molecule is CCCS(=O)(=O)CCn1nc(C)c(S(=O)(=O)Cl)c1C. The summed E-state index contributed by atoms with van der Waals surface area (Å²) in [4.78, 5) is -0.0398. The summed E-state index contributed by atoms with van der Waals surface area (Å²) in [6, 6.07) is 0. The first-order valence-corrected chi connectivity index (χ1v) is 9.90. The van der Waals surface area contributed by atoms with Crippen LogP contribution in [0.2, 0.25) is 0 Å². The molecule has 1 heterocycles. The molecular weight excluding hydrogens is 312 g/mol. The maximum Gasteiger partial charge on any atom is 0.264 e. The summed E-state index contributed by atoms with van der Waals surface area (Å²) in [7, 11) is -1.67. The number of hydrogen-bond acceptors (Lipinski definition) is 5. The minimum Gasteiger partial charge on any atom is -0.267 e. The number of aryl methyl sites for hydroxylation is 2. The molecule has 0 aliphatic heterocycles. The quantitative estimate of drug-likeness (QED) is 0.734. The molecule has 0 radical (unpaired) electrons. The van der Waals surface area contributed by atoms with Gasteiger partial charge in [0.05, 0.1) is 23.7 Å². The van der Waals surface area contributed by atoms with Crippen molar-refractivity contribution in [2.75, 3.05) is 11.5 Å². The molecule has 0 spiro atoms. The van der Waals surface area contributed by atoms with E-state index < -0.39 is 18.9 Å². The molecule has 19 heavy (non-hydrogen) atoms. The van der Waals surface area contributed by atoms with E-state index in [9.17, 15) is 16.8 Å². The second-order valence-corrected chi connectivity index (χ2v) is 9.12. The van der Waals surface area contributed by atoms with Gasteiger partial charge in [0.15, 0.2) is 9.84 Å². The molecule has 0 aromatic carbocycles. The lowest BCUT2D eigenvalue weighted by Gasteiger charge is -2.05. The van der Waals surface area contributed by atoms with Crippen molar-refractivity contribution in [2.24, 2.45) is 0 Å². The first kappa shape index (κ1) is 16.5. The lowest BCUT2D eigenvalue weighted by molar-refractivity contribution is 0.574. The maximum atomic E-state index is 11.6. The highest BCUT2D eigenvalue weighted by Crippen LogP contribution is 2.23. The smallest absolute Gasteiger partial charge is 0.264 e. The lowest BCUT2D eigenvalue weighted by Crippen LogP contribution is -2.17. The third-order valence-electron chi connectivity index (χ3n) is 2.69. The summed E-state index contributed by atoms with van der Waals surface area (Å²) in [5.41, 5.74) is 0.639. The van der Waals surface area contributed by atoms with Gasteiger partial charge in [-0.25, -0.2) is 16.8 Å².